The Bertz CT molecular complexity index is 415. The monoisotopic (exact) mass is 261 g/mol. The molecule has 0 spiro atoms. The fourth-order valence-electron chi connectivity index (χ4n) is 3.48. The van der Waals surface area contributed by atoms with Gasteiger partial charge in [-0.2, -0.15) is 0 Å². The molecule has 2 fully saturated rings. The Morgan fingerprint density at radius 2 is 2.16 bits per heavy atom. The maximum absolute atomic E-state index is 12.2. The van der Waals surface area contributed by atoms with Crippen LogP contribution in [-0.2, 0) is 11.3 Å². The van der Waals surface area contributed by atoms with Gasteiger partial charge in [0.1, 0.15) is 0 Å². The quantitative estimate of drug-likeness (QED) is 0.779. The molecular formula is C15H23N3O. The van der Waals surface area contributed by atoms with E-state index in [0.717, 1.165) is 17.9 Å². The predicted octanol–water partition coefficient (Wildman–Crippen LogP) is 1.94. The van der Waals surface area contributed by atoms with E-state index < -0.39 is 0 Å². The lowest BCUT2D eigenvalue weighted by Crippen LogP contribution is -2.54. The van der Waals surface area contributed by atoms with Crippen LogP contribution in [0.4, 0.5) is 0 Å². The van der Waals surface area contributed by atoms with Gasteiger partial charge in [0.05, 0.1) is 6.04 Å². The van der Waals surface area contributed by atoms with Crippen LogP contribution >= 0.6 is 0 Å². The molecule has 4 nitrogen and oxygen atoms in total. The number of hydrogen-bond acceptors (Lipinski definition) is 2. The van der Waals surface area contributed by atoms with Crippen molar-refractivity contribution in [2.75, 3.05) is 0 Å². The standard InChI is InChI=1S/C15H23N3O/c19-15(17-10-11-7-8-16-9-11)14-6-5-12-3-1-2-4-13(12)18-14/h7-9,12-14,16,18H,1-6,10H2,(H,17,19). The topological polar surface area (TPSA) is 56.9 Å². The van der Waals surface area contributed by atoms with Gasteiger partial charge >= 0.3 is 0 Å². The highest BCUT2D eigenvalue weighted by Crippen LogP contribution is 2.32. The second-order valence-electron chi connectivity index (χ2n) is 5.88. The predicted molar refractivity (Wildman–Crippen MR) is 74.5 cm³/mol. The molecule has 1 aromatic heterocycles. The molecule has 104 valence electrons. The molecule has 2 aliphatic rings. The molecular weight excluding hydrogens is 238 g/mol. The molecule has 1 amide bonds. The van der Waals surface area contributed by atoms with Crippen LogP contribution in [0, 0.1) is 5.92 Å². The van der Waals surface area contributed by atoms with Crippen LogP contribution in [0.1, 0.15) is 44.1 Å². The molecule has 4 heteroatoms. The Labute approximate surface area is 114 Å². The highest BCUT2D eigenvalue weighted by Gasteiger charge is 2.34. The van der Waals surface area contributed by atoms with E-state index in [0.29, 0.717) is 12.6 Å². The first-order chi connectivity index (χ1) is 9.33. The van der Waals surface area contributed by atoms with Gasteiger partial charge in [0, 0.05) is 25.0 Å². The minimum Gasteiger partial charge on any atom is -0.367 e. The molecule has 3 unspecified atom stereocenters. The van der Waals surface area contributed by atoms with Crippen molar-refractivity contribution in [3.05, 3.63) is 24.0 Å². The Morgan fingerprint density at radius 1 is 1.26 bits per heavy atom. The number of piperidine rings is 1. The van der Waals surface area contributed by atoms with Crippen molar-refractivity contribution in [3.8, 4) is 0 Å². The summed E-state index contributed by atoms with van der Waals surface area (Å²) in [6.07, 6.45) is 11.3. The molecule has 1 saturated heterocycles. The number of amides is 1. The van der Waals surface area contributed by atoms with Crippen molar-refractivity contribution in [3.63, 3.8) is 0 Å². The lowest BCUT2D eigenvalue weighted by molar-refractivity contribution is -0.124. The average molecular weight is 261 g/mol. The van der Waals surface area contributed by atoms with Crippen molar-refractivity contribution in [2.24, 2.45) is 5.92 Å². The highest BCUT2D eigenvalue weighted by atomic mass is 16.2. The van der Waals surface area contributed by atoms with Crippen LogP contribution in [0.5, 0.6) is 0 Å². The third-order valence-corrected chi connectivity index (χ3v) is 4.60. The van der Waals surface area contributed by atoms with E-state index in [1.165, 1.54) is 32.1 Å². The lowest BCUT2D eigenvalue weighted by Gasteiger charge is -2.39. The molecule has 1 saturated carbocycles. The van der Waals surface area contributed by atoms with E-state index in [4.69, 9.17) is 0 Å². The molecule has 0 radical (unpaired) electrons. The van der Waals surface area contributed by atoms with E-state index in [2.05, 4.69) is 15.6 Å². The van der Waals surface area contributed by atoms with E-state index in [1.807, 2.05) is 18.5 Å². The fraction of sp³-hybridized carbons (Fsp3) is 0.667. The summed E-state index contributed by atoms with van der Waals surface area (Å²) in [7, 11) is 0. The molecule has 0 bridgehead atoms. The molecule has 19 heavy (non-hydrogen) atoms. The maximum Gasteiger partial charge on any atom is 0.237 e. The molecule has 2 heterocycles. The zero-order valence-electron chi connectivity index (χ0n) is 11.3. The molecule has 0 aromatic carbocycles. The van der Waals surface area contributed by atoms with Gasteiger partial charge in [-0.25, -0.2) is 0 Å². The second-order valence-corrected chi connectivity index (χ2v) is 5.88. The molecule has 3 rings (SSSR count). The maximum atomic E-state index is 12.2. The van der Waals surface area contributed by atoms with Crippen LogP contribution < -0.4 is 10.6 Å². The SMILES string of the molecule is O=C(NCc1cc[nH]c1)C1CCC2CCCCC2N1. The number of rotatable bonds is 3. The molecule has 1 aliphatic heterocycles. The highest BCUT2D eigenvalue weighted by molar-refractivity contribution is 5.81. The van der Waals surface area contributed by atoms with Crippen molar-refractivity contribution < 1.29 is 4.79 Å². The third kappa shape index (κ3) is 3.00. The Hall–Kier alpha value is -1.29. The number of nitrogens with one attached hydrogen (secondary N) is 3. The number of carbonyl (C=O) groups excluding carboxylic acids is 1. The van der Waals surface area contributed by atoms with Crippen LogP contribution in [-0.4, -0.2) is 23.0 Å². The summed E-state index contributed by atoms with van der Waals surface area (Å²) >= 11 is 0. The first-order valence-corrected chi connectivity index (χ1v) is 7.48. The summed E-state index contributed by atoms with van der Waals surface area (Å²) in [4.78, 5) is 15.2. The van der Waals surface area contributed by atoms with Gasteiger partial charge in [0.2, 0.25) is 5.91 Å². The Kier molecular flexibility index (Phi) is 3.87. The van der Waals surface area contributed by atoms with E-state index in [1.54, 1.807) is 0 Å². The number of aromatic amines is 1. The summed E-state index contributed by atoms with van der Waals surface area (Å²) in [6.45, 7) is 0.620. The summed E-state index contributed by atoms with van der Waals surface area (Å²) in [5.74, 6) is 0.965. The minimum absolute atomic E-state index is 0.0123. The zero-order valence-corrected chi connectivity index (χ0v) is 11.3. The zero-order chi connectivity index (χ0) is 13.1. The van der Waals surface area contributed by atoms with Crippen LogP contribution in [0.15, 0.2) is 18.5 Å². The number of hydrogen-bond donors (Lipinski definition) is 3. The normalized spacial score (nSPS) is 30.6. The van der Waals surface area contributed by atoms with Crippen LogP contribution in [0.3, 0.4) is 0 Å². The second kappa shape index (κ2) is 5.78. The first kappa shape index (κ1) is 12.7. The van der Waals surface area contributed by atoms with Gasteiger partial charge in [-0.3, -0.25) is 4.79 Å². The summed E-state index contributed by atoms with van der Waals surface area (Å²) in [5, 5.41) is 6.59. The third-order valence-electron chi connectivity index (χ3n) is 4.60. The van der Waals surface area contributed by atoms with Gasteiger partial charge in [0.15, 0.2) is 0 Å². The van der Waals surface area contributed by atoms with Crippen LogP contribution in [0.25, 0.3) is 0 Å². The van der Waals surface area contributed by atoms with Gasteiger partial charge in [-0.15, -0.1) is 0 Å². The summed E-state index contributed by atoms with van der Waals surface area (Å²) < 4.78 is 0. The van der Waals surface area contributed by atoms with Crippen molar-refractivity contribution in [1.29, 1.82) is 0 Å². The fourth-order valence-corrected chi connectivity index (χ4v) is 3.48. The molecule has 1 aromatic rings. The number of aromatic nitrogens is 1. The van der Waals surface area contributed by atoms with Crippen molar-refractivity contribution in [2.45, 2.75) is 57.2 Å². The van der Waals surface area contributed by atoms with E-state index in [9.17, 15) is 4.79 Å². The molecule has 3 N–H and O–H groups in total. The summed E-state index contributed by atoms with van der Waals surface area (Å²) in [5.41, 5.74) is 1.12. The first-order valence-electron chi connectivity index (χ1n) is 7.48. The Balaban J connectivity index is 1.50. The van der Waals surface area contributed by atoms with E-state index >= 15 is 0 Å². The van der Waals surface area contributed by atoms with Crippen molar-refractivity contribution >= 4 is 5.91 Å². The molecule has 3 atom stereocenters. The average Bonchev–Trinajstić information content (AvgIpc) is 2.97. The Morgan fingerprint density at radius 3 is 3.00 bits per heavy atom. The summed E-state index contributed by atoms with van der Waals surface area (Å²) in [6, 6.07) is 2.58. The van der Waals surface area contributed by atoms with E-state index in [-0.39, 0.29) is 11.9 Å². The van der Waals surface area contributed by atoms with Crippen molar-refractivity contribution in [1.82, 2.24) is 15.6 Å². The number of H-pyrrole nitrogens is 1. The van der Waals surface area contributed by atoms with Gasteiger partial charge in [0.25, 0.3) is 0 Å². The lowest BCUT2D eigenvalue weighted by atomic mass is 9.77. The number of fused-ring (bicyclic) bond motifs is 1. The number of carbonyl (C=O) groups is 1. The van der Waals surface area contributed by atoms with Gasteiger partial charge in [-0.1, -0.05) is 12.8 Å². The van der Waals surface area contributed by atoms with Gasteiger partial charge in [-0.05, 0) is 43.2 Å². The van der Waals surface area contributed by atoms with Gasteiger partial charge < -0.3 is 15.6 Å². The minimum atomic E-state index is 0.0123. The largest absolute Gasteiger partial charge is 0.367 e. The smallest absolute Gasteiger partial charge is 0.237 e. The van der Waals surface area contributed by atoms with Crippen LogP contribution in [0.2, 0.25) is 0 Å². The molecule has 1 aliphatic carbocycles.